The van der Waals surface area contributed by atoms with Crippen LogP contribution in [0.25, 0.3) is 0 Å². The Morgan fingerprint density at radius 3 is 2.57 bits per heavy atom. The summed E-state index contributed by atoms with van der Waals surface area (Å²) in [5.74, 6) is 1.78. The first-order valence-electron chi connectivity index (χ1n) is 6.14. The fraction of sp³-hybridized carbons (Fsp3) is 1.00. The highest BCUT2D eigenvalue weighted by atomic mass is 15.2. The molecule has 2 aliphatic rings. The Balaban J connectivity index is 1.85. The maximum atomic E-state index is 3.63. The average Bonchev–Trinajstić information content (AvgIpc) is 2.62. The summed E-state index contributed by atoms with van der Waals surface area (Å²) < 4.78 is 0. The van der Waals surface area contributed by atoms with Crippen molar-refractivity contribution in [1.82, 2.24) is 10.2 Å². The van der Waals surface area contributed by atoms with Gasteiger partial charge in [0.15, 0.2) is 0 Å². The molecule has 14 heavy (non-hydrogen) atoms. The normalized spacial score (nSPS) is 44.8. The molecule has 2 aliphatic heterocycles. The zero-order valence-corrected chi connectivity index (χ0v) is 9.79. The van der Waals surface area contributed by atoms with Gasteiger partial charge in [0.25, 0.3) is 0 Å². The predicted molar refractivity (Wildman–Crippen MR) is 60.4 cm³/mol. The van der Waals surface area contributed by atoms with Crippen molar-refractivity contribution in [2.75, 3.05) is 19.6 Å². The zero-order chi connectivity index (χ0) is 10.1. The van der Waals surface area contributed by atoms with E-state index in [1.807, 2.05) is 0 Å². The Hall–Kier alpha value is -0.0800. The largest absolute Gasteiger partial charge is 0.312 e. The molecule has 2 fully saturated rings. The van der Waals surface area contributed by atoms with E-state index in [9.17, 15) is 0 Å². The maximum absolute atomic E-state index is 3.63. The molecule has 0 bridgehead atoms. The molecule has 0 aromatic heterocycles. The third-order valence-electron chi connectivity index (χ3n) is 4.04. The van der Waals surface area contributed by atoms with Crippen molar-refractivity contribution in [1.29, 1.82) is 0 Å². The standard InChI is InChI=1S/C12H24N2/c1-9-6-11(3)14(7-9)8-12-10(2)4-5-13-12/h9-13H,4-8H2,1-3H3. The molecular formula is C12H24N2. The van der Waals surface area contributed by atoms with Crippen LogP contribution in [-0.2, 0) is 0 Å². The quantitative estimate of drug-likeness (QED) is 0.723. The van der Waals surface area contributed by atoms with Crippen LogP contribution in [0, 0.1) is 11.8 Å². The number of hydrogen-bond donors (Lipinski definition) is 1. The third kappa shape index (κ3) is 2.12. The molecule has 82 valence electrons. The van der Waals surface area contributed by atoms with E-state index in [-0.39, 0.29) is 0 Å². The summed E-state index contributed by atoms with van der Waals surface area (Å²) >= 11 is 0. The van der Waals surface area contributed by atoms with Crippen LogP contribution in [-0.4, -0.2) is 36.6 Å². The number of hydrogen-bond acceptors (Lipinski definition) is 2. The van der Waals surface area contributed by atoms with Gasteiger partial charge in [-0.3, -0.25) is 4.90 Å². The van der Waals surface area contributed by atoms with Crippen molar-refractivity contribution in [2.45, 2.75) is 45.7 Å². The van der Waals surface area contributed by atoms with Crippen LogP contribution in [0.1, 0.15) is 33.6 Å². The van der Waals surface area contributed by atoms with Gasteiger partial charge >= 0.3 is 0 Å². The van der Waals surface area contributed by atoms with E-state index in [0.717, 1.165) is 23.9 Å². The second-order valence-electron chi connectivity index (χ2n) is 5.47. The van der Waals surface area contributed by atoms with Crippen LogP contribution in [0.5, 0.6) is 0 Å². The van der Waals surface area contributed by atoms with Crippen molar-refractivity contribution < 1.29 is 0 Å². The van der Waals surface area contributed by atoms with Gasteiger partial charge in [0.05, 0.1) is 0 Å². The minimum Gasteiger partial charge on any atom is -0.312 e. The van der Waals surface area contributed by atoms with Gasteiger partial charge in [-0.25, -0.2) is 0 Å². The summed E-state index contributed by atoms with van der Waals surface area (Å²) in [6.07, 6.45) is 2.75. The molecule has 0 aromatic rings. The first-order chi connectivity index (χ1) is 6.66. The van der Waals surface area contributed by atoms with Gasteiger partial charge in [0.2, 0.25) is 0 Å². The van der Waals surface area contributed by atoms with Crippen molar-refractivity contribution in [3.8, 4) is 0 Å². The van der Waals surface area contributed by atoms with Gasteiger partial charge in [-0.05, 0) is 38.1 Å². The maximum Gasteiger partial charge on any atom is 0.0221 e. The molecule has 0 aromatic carbocycles. The summed E-state index contributed by atoms with van der Waals surface area (Å²) in [5.41, 5.74) is 0. The van der Waals surface area contributed by atoms with Crippen LogP contribution >= 0.6 is 0 Å². The summed E-state index contributed by atoms with van der Waals surface area (Å²) in [5, 5.41) is 3.63. The van der Waals surface area contributed by atoms with E-state index >= 15 is 0 Å². The molecule has 2 saturated heterocycles. The van der Waals surface area contributed by atoms with Crippen LogP contribution in [0.4, 0.5) is 0 Å². The van der Waals surface area contributed by atoms with E-state index in [1.165, 1.54) is 32.5 Å². The summed E-state index contributed by atoms with van der Waals surface area (Å²) in [4.78, 5) is 2.67. The minimum absolute atomic E-state index is 0.753. The van der Waals surface area contributed by atoms with Crippen molar-refractivity contribution in [2.24, 2.45) is 11.8 Å². The van der Waals surface area contributed by atoms with E-state index in [4.69, 9.17) is 0 Å². The highest BCUT2D eigenvalue weighted by Crippen LogP contribution is 2.24. The molecule has 2 heteroatoms. The molecule has 2 heterocycles. The Morgan fingerprint density at radius 2 is 2.07 bits per heavy atom. The van der Waals surface area contributed by atoms with Gasteiger partial charge in [-0.2, -0.15) is 0 Å². The highest BCUT2D eigenvalue weighted by molar-refractivity contribution is 4.88. The van der Waals surface area contributed by atoms with E-state index in [1.54, 1.807) is 0 Å². The lowest BCUT2D eigenvalue weighted by atomic mass is 10.0. The second kappa shape index (κ2) is 4.19. The predicted octanol–water partition coefficient (Wildman–Crippen LogP) is 1.71. The molecule has 2 nitrogen and oxygen atoms in total. The van der Waals surface area contributed by atoms with Crippen molar-refractivity contribution >= 4 is 0 Å². The monoisotopic (exact) mass is 196 g/mol. The molecule has 0 amide bonds. The summed E-state index contributed by atoms with van der Waals surface area (Å²) in [7, 11) is 0. The van der Waals surface area contributed by atoms with Gasteiger partial charge < -0.3 is 5.32 Å². The molecule has 2 rings (SSSR count). The Bertz CT molecular complexity index is 193. The lowest BCUT2D eigenvalue weighted by Gasteiger charge is -2.26. The number of likely N-dealkylation sites (tertiary alicyclic amines) is 1. The minimum atomic E-state index is 0.753. The number of nitrogens with one attached hydrogen (secondary N) is 1. The lowest BCUT2D eigenvalue weighted by Crippen LogP contribution is -2.41. The van der Waals surface area contributed by atoms with E-state index < -0.39 is 0 Å². The molecule has 4 atom stereocenters. The van der Waals surface area contributed by atoms with Crippen LogP contribution in [0.2, 0.25) is 0 Å². The van der Waals surface area contributed by atoms with Crippen molar-refractivity contribution in [3.05, 3.63) is 0 Å². The summed E-state index contributed by atoms with van der Waals surface area (Å²) in [6, 6.07) is 1.56. The Morgan fingerprint density at radius 1 is 1.29 bits per heavy atom. The number of rotatable bonds is 2. The fourth-order valence-electron chi connectivity index (χ4n) is 3.04. The van der Waals surface area contributed by atoms with E-state index in [0.29, 0.717) is 0 Å². The average molecular weight is 196 g/mol. The molecule has 4 unspecified atom stereocenters. The zero-order valence-electron chi connectivity index (χ0n) is 9.79. The van der Waals surface area contributed by atoms with E-state index in [2.05, 4.69) is 31.0 Å². The second-order valence-corrected chi connectivity index (χ2v) is 5.47. The number of nitrogens with zero attached hydrogens (tertiary/aromatic N) is 1. The Kier molecular flexibility index (Phi) is 3.13. The molecule has 0 spiro atoms. The van der Waals surface area contributed by atoms with Crippen LogP contribution in [0.3, 0.4) is 0 Å². The van der Waals surface area contributed by atoms with Crippen LogP contribution < -0.4 is 5.32 Å². The smallest absolute Gasteiger partial charge is 0.0221 e. The van der Waals surface area contributed by atoms with Gasteiger partial charge in [0, 0.05) is 25.2 Å². The lowest BCUT2D eigenvalue weighted by molar-refractivity contribution is 0.226. The molecule has 1 N–H and O–H groups in total. The van der Waals surface area contributed by atoms with Crippen LogP contribution in [0.15, 0.2) is 0 Å². The molecular weight excluding hydrogens is 172 g/mol. The molecule has 0 radical (unpaired) electrons. The fourth-order valence-corrected chi connectivity index (χ4v) is 3.04. The Labute approximate surface area is 88.1 Å². The van der Waals surface area contributed by atoms with Gasteiger partial charge in [-0.15, -0.1) is 0 Å². The highest BCUT2D eigenvalue weighted by Gasteiger charge is 2.31. The summed E-state index contributed by atoms with van der Waals surface area (Å²) in [6.45, 7) is 10.9. The molecule has 0 aliphatic carbocycles. The topological polar surface area (TPSA) is 15.3 Å². The first-order valence-corrected chi connectivity index (χ1v) is 6.14. The van der Waals surface area contributed by atoms with Gasteiger partial charge in [-0.1, -0.05) is 13.8 Å². The SMILES string of the molecule is CC1CC(C)N(CC2NCCC2C)C1. The van der Waals surface area contributed by atoms with Crippen molar-refractivity contribution in [3.63, 3.8) is 0 Å². The third-order valence-corrected chi connectivity index (χ3v) is 4.04. The first kappa shape index (κ1) is 10.4. The van der Waals surface area contributed by atoms with Gasteiger partial charge in [0.1, 0.15) is 0 Å². The molecule has 0 saturated carbocycles.